The van der Waals surface area contributed by atoms with Crippen LogP contribution >= 0.6 is 15.9 Å². The highest BCUT2D eigenvalue weighted by molar-refractivity contribution is 9.10. The number of halogens is 1. The molecule has 0 atom stereocenters. The first-order valence-corrected chi connectivity index (χ1v) is 7.62. The second-order valence-electron chi connectivity index (χ2n) is 4.81. The molecule has 1 fully saturated rings. The van der Waals surface area contributed by atoms with Crippen LogP contribution in [0.4, 0.5) is 0 Å². The first-order chi connectivity index (χ1) is 9.72. The van der Waals surface area contributed by atoms with Gasteiger partial charge in [-0.1, -0.05) is 0 Å². The third-order valence-corrected chi connectivity index (χ3v) is 4.09. The minimum atomic E-state index is 0.00562. The number of aromatic nitrogens is 1. The molecule has 0 unspecified atom stereocenters. The lowest BCUT2D eigenvalue weighted by molar-refractivity contribution is 0.0752. The lowest BCUT2D eigenvalue weighted by Gasteiger charge is -2.21. The maximum Gasteiger partial charge on any atom is 0.273 e. The summed E-state index contributed by atoms with van der Waals surface area (Å²) in [6.07, 6.45) is 2.64. The molecule has 110 valence electrons. The van der Waals surface area contributed by atoms with E-state index in [4.69, 9.17) is 4.74 Å². The molecule has 0 bridgehead atoms. The molecule has 1 aromatic heterocycles. The lowest BCUT2D eigenvalue weighted by atomic mass is 10.3. The minimum absolute atomic E-state index is 0.00562. The van der Waals surface area contributed by atoms with Crippen molar-refractivity contribution in [3.63, 3.8) is 0 Å². The van der Waals surface area contributed by atoms with E-state index in [9.17, 15) is 4.79 Å². The van der Waals surface area contributed by atoms with Crippen molar-refractivity contribution in [2.24, 2.45) is 0 Å². The average molecular weight is 342 g/mol. The summed E-state index contributed by atoms with van der Waals surface area (Å²) >= 11 is 3.39. The summed E-state index contributed by atoms with van der Waals surface area (Å²) in [5, 5.41) is 0. The summed E-state index contributed by atoms with van der Waals surface area (Å²) in [6.45, 7) is 5.08. The van der Waals surface area contributed by atoms with Gasteiger partial charge in [-0.15, -0.1) is 0 Å². The number of nitrogens with zero attached hydrogens (tertiary/aromatic N) is 3. The van der Waals surface area contributed by atoms with E-state index in [-0.39, 0.29) is 5.91 Å². The van der Waals surface area contributed by atoms with Crippen molar-refractivity contribution in [3.8, 4) is 0 Å². The van der Waals surface area contributed by atoms with E-state index in [0.29, 0.717) is 5.69 Å². The van der Waals surface area contributed by atoms with E-state index in [1.807, 2.05) is 17.0 Å². The van der Waals surface area contributed by atoms with Crippen molar-refractivity contribution in [1.82, 2.24) is 14.8 Å². The average Bonchev–Trinajstić information content (AvgIpc) is 2.70. The Kier molecular flexibility index (Phi) is 5.94. The first-order valence-electron chi connectivity index (χ1n) is 6.83. The van der Waals surface area contributed by atoms with Crippen molar-refractivity contribution >= 4 is 21.8 Å². The summed E-state index contributed by atoms with van der Waals surface area (Å²) in [5.74, 6) is 0.00562. The number of hydrogen-bond acceptors (Lipinski definition) is 4. The van der Waals surface area contributed by atoms with Gasteiger partial charge in [0.05, 0.1) is 6.61 Å². The molecule has 0 spiro atoms. The van der Waals surface area contributed by atoms with Gasteiger partial charge in [0.25, 0.3) is 5.91 Å². The van der Waals surface area contributed by atoms with Gasteiger partial charge in [0.15, 0.2) is 0 Å². The van der Waals surface area contributed by atoms with Crippen LogP contribution in [0.5, 0.6) is 0 Å². The normalized spacial score (nSPS) is 17.0. The number of carbonyl (C=O) groups excluding carboxylic acids is 1. The van der Waals surface area contributed by atoms with Gasteiger partial charge >= 0.3 is 0 Å². The maximum atomic E-state index is 12.5. The van der Waals surface area contributed by atoms with Crippen molar-refractivity contribution in [2.45, 2.75) is 6.42 Å². The van der Waals surface area contributed by atoms with Crippen LogP contribution in [0.3, 0.4) is 0 Å². The van der Waals surface area contributed by atoms with Gasteiger partial charge < -0.3 is 9.64 Å². The van der Waals surface area contributed by atoms with Crippen LogP contribution in [0.1, 0.15) is 16.9 Å². The third kappa shape index (κ3) is 4.01. The standard InChI is InChI=1S/C14H20BrN3O2/c1-20-11-10-17-6-3-7-18(9-8-17)14(19)13-12(15)4-2-5-16-13/h2,4-5H,3,6-11H2,1H3. The van der Waals surface area contributed by atoms with Gasteiger partial charge in [-0.25, -0.2) is 4.98 Å². The highest BCUT2D eigenvalue weighted by Crippen LogP contribution is 2.16. The van der Waals surface area contributed by atoms with Crippen LogP contribution in [-0.4, -0.2) is 67.1 Å². The topological polar surface area (TPSA) is 45.7 Å². The Balaban J connectivity index is 1.96. The predicted octanol–water partition coefficient (Wildman–Crippen LogP) is 1.64. The fourth-order valence-corrected chi connectivity index (χ4v) is 2.74. The molecule has 5 nitrogen and oxygen atoms in total. The van der Waals surface area contributed by atoms with Crippen LogP contribution in [0.2, 0.25) is 0 Å². The SMILES string of the molecule is COCCN1CCCN(C(=O)c2ncccc2Br)CC1. The van der Waals surface area contributed by atoms with E-state index >= 15 is 0 Å². The van der Waals surface area contributed by atoms with E-state index in [1.54, 1.807) is 13.3 Å². The molecular formula is C14H20BrN3O2. The van der Waals surface area contributed by atoms with Crippen molar-refractivity contribution in [1.29, 1.82) is 0 Å². The van der Waals surface area contributed by atoms with Crippen LogP contribution in [0.15, 0.2) is 22.8 Å². The number of pyridine rings is 1. The van der Waals surface area contributed by atoms with E-state index in [1.165, 1.54) is 0 Å². The smallest absolute Gasteiger partial charge is 0.273 e. The minimum Gasteiger partial charge on any atom is -0.383 e. The molecule has 1 amide bonds. The fraction of sp³-hybridized carbons (Fsp3) is 0.571. The van der Waals surface area contributed by atoms with Gasteiger partial charge in [0.2, 0.25) is 0 Å². The van der Waals surface area contributed by atoms with Gasteiger partial charge in [-0.3, -0.25) is 9.69 Å². The van der Waals surface area contributed by atoms with Crippen LogP contribution in [0, 0.1) is 0 Å². The van der Waals surface area contributed by atoms with Crippen LogP contribution in [0.25, 0.3) is 0 Å². The zero-order chi connectivity index (χ0) is 14.4. The molecule has 20 heavy (non-hydrogen) atoms. The molecule has 1 saturated heterocycles. The second kappa shape index (κ2) is 7.71. The summed E-state index contributed by atoms with van der Waals surface area (Å²) in [6, 6.07) is 3.67. The second-order valence-corrected chi connectivity index (χ2v) is 5.67. The summed E-state index contributed by atoms with van der Waals surface area (Å²) in [5.41, 5.74) is 0.498. The summed E-state index contributed by atoms with van der Waals surface area (Å²) < 4.78 is 5.86. The molecular weight excluding hydrogens is 322 g/mol. The number of amides is 1. The van der Waals surface area contributed by atoms with Crippen LogP contribution in [-0.2, 0) is 4.74 Å². The van der Waals surface area contributed by atoms with Gasteiger partial charge in [0.1, 0.15) is 5.69 Å². The molecule has 2 rings (SSSR count). The Morgan fingerprint density at radius 2 is 2.25 bits per heavy atom. The highest BCUT2D eigenvalue weighted by atomic mass is 79.9. The Morgan fingerprint density at radius 3 is 3.00 bits per heavy atom. The van der Waals surface area contributed by atoms with Crippen molar-refractivity contribution in [2.75, 3.05) is 46.4 Å². The predicted molar refractivity (Wildman–Crippen MR) is 80.8 cm³/mol. The van der Waals surface area contributed by atoms with Gasteiger partial charge in [-0.05, 0) is 41.0 Å². The molecule has 0 aliphatic carbocycles. The van der Waals surface area contributed by atoms with Gasteiger partial charge in [-0.2, -0.15) is 0 Å². The largest absolute Gasteiger partial charge is 0.383 e. The Morgan fingerprint density at radius 1 is 1.40 bits per heavy atom. The molecule has 1 aliphatic rings. The van der Waals surface area contributed by atoms with E-state index in [2.05, 4.69) is 25.8 Å². The zero-order valence-corrected chi connectivity index (χ0v) is 13.3. The van der Waals surface area contributed by atoms with E-state index in [0.717, 1.165) is 50.2 Å². The summed E-state index contributed by atoms with van der Waals surface area (Å²) in [7, 11) is 1.71. The lowest BCUT2D eigenvalue weighted by Crippen LogP contribution is -2.36. The number of ether oxygens (including phenoxy) is 1. The zero-order valence-electron chi connectivity index (χ0n) is 11.7. The first kappa shape index (κ1) is 15.4. The number of carbonyl (C=O) groups is 1. The van der Waals surface area contributed by atoms with Crippen molar-refractivity contribution in [3.05, 3.63) is 28.5 Å². The molecule has 0 saturated carbocycles. The molecule has 0 aromatic carbocycles. The van der Waals surface area contributed by atoms with Crippen molar-refractivity contribution < 1.29 is 9.53 Å². The number of hydrogen-bond donors (Lipinski definition) is 0. The molecule has 1 aliphatic heterocycles. The Hall–Kier alpha value is -0.980. The maximum absolute atomic E-state index is 12.5. The molecule has 2 heterocycles. The fourth-order valence-electron chi connectivity index (χ4n) is 2.31. The van der Waals surface area contributed by atoms with Gasteiger partial charge in [0, 0.05) is 44.0 Å². The number of methoxy groups -OCH3 is 1. The Bertz CT molecular complexity index is 456. The molecule has 0 N–H and O–H groups in total. The highest BCUT2D eigenvalue weighted by Gasteiger charge is 2.22. The third-order valence-electron chi connectivity index (χ3n) is 3.45. The summed E-state index contributed by atoms with van der Waals surface area (Å²) in [4.78, 5) is 20.9. The van der Waals surface area contributed by atoms with E-state index < -0.39 is 0 Å². The molecule has 1 aromatic rings. The monoisotopic (exact) mass is 341 g/mol. The molecule has 0 radical (unpaired) electrons. The Labute approximate surface area is 128 Å². The number of rotatable bonds is 4. The van der Waals surface area contributed by atoms with Crippen LogP contribution < -0.4 is 0 Å². The quantitative estimate of drug-likeness (QED) is 0.835. The molecule has 6 heteroatoms.